The maximum atomic E-state index is 11.7. The van der Waals surface area contributed by atoms with Crippen LogP contribution in [0.2, 0.25) is 0 Å². The second-order valence-electron chi connectivity index (χ2n) is 4.91. The van der Waals surface area contributed by atoms with Gasteiger partial charge in [-0.1, -0.05) is 26.0 Å². The Bertz CT molecular complexity index is 390. The molecule has 1 amide bonds. The lowest BCUT2D eigenvalue weighted by Crippen LogP contribution is -2.32. The SMILES string of the molecule is COc1ccc(CCC(=O)NCC(Cl)C(C)C)cc1. The highest BCUT2D eigenvalue weighted by Gasteiger charge is 2.10. The van der Waals surface area contributed by atoms with Crippen molar-refractivity contribution in [2.24, 2.45) is 5.92 Å². The summed E-state index contributed by atoms with van der Waals surface area (Å²) < 4.78 is 5.09. The Hall–Kier alpha value is -1.22. The van der Waals surface area contributed by atoms with Crippen LogP contribution in [0.1, 0.15) is 25.8 Å². The molecule has 1 unspecified atom stereocenters. The van der Waals surface area contributed by atoms with Crippen molar-refractivity contribution in [3.05, 3.63) is 29.8 Å². The summed E-state index contributed by atoms with van der Waals surface area (Å²) in [6.45, 7) is 4.61. The zero-order valence-corrected chi connectivity index (χ0v) is 12.5. The molecule has 106 valence electrons. The van der Waals surface area contributed by atoms with Crippen molar-refractivity contribution in [3.63, 3.8) is 0 Å². The van der Waals surface area contributed by atoms with Gasteiger partial charge in [-0.15, -0.1) is 11.6 Å². The van der Waals surface area contributed by atoms with Crippen molar-refractivity contribution in [1.82, 2.24) is 5.32 Å². The normalized spacial score (nSPS) is 12.3. The van der Waals surface area contributed by atoms with E-state index >= 15 is 0 Å². The van der Waals surface area contributed by atoms with Crippen molar-refractivity contribution in [2.45, 2.75) is 32.1 Å². The molecule has 0 saturated carbocycles. The summed E-state index contributed by atoms with van der Waals surface area (Å²) in [6.07, 6.45) is 1.21. The number of aryl methyl sites for hydroxylation is 1. The van der Waals surface area contributed by atoms with E-state index in [1.165, 1.54) is 0 Å². The van der Waals surface area contributed by atoms with Crippen LogP contribution in [0.3, 0.4) is 0 Å². The molecule has 0 aliphatic rings. The number of nitrogens with one attached hydrogen (secondary N) is 1. The Labute approximate surface area is 120 Å². The van der Waals surface area contributed by atoms with Gasteiger partial charge >= 0.3 is 0 Å². The Morgan fingerprint density at radius 1 is 1.32 bits per heavy atom. The lowest BCUT2D eigenvalue weighted by atomic mass is 10.1. The van der Waals surface area contributed by atoms with Gasteiger partial charge in [0.15, 0.2) is 0 Å². The minimum absolute atomic E-state index is 0.00932. The maximum Gasteiger partial charge on any atom is 0.220 e. The molecule has 1 N–H and O–H groups in total. The number of carbonyl (C=O) groups is 1. The molecule has 0 bridgehead atoms. The summed E-state index contributed by atoms with van der Waals surface area (Å²) in [5.41, 5.74) is 1.13. The molecular weight excluding hydrogens is 262 g/mol. The average molecular weight is 284 g/mol. The Balaban J connectivity index is 2.29. The fourth-order valence-electron chi connectivity index (χ4n) is 1.59. The van der Waals surface area contributed by atoms with E-state index in [2.05, 4.69) is 5.32 Å². The summed E-state index contributed by atoms with van der Waals surface area (Å²) in [7, 11) is 1.64. The third-order valence-electron chi connectivity index (χ3n) is 3.02. The minimum Gasteiger partial charge on any atom is -0.497 e. The van der Waals surface area contributed by atoms with E-state index in [0.29, 0.717) is 18.9 Å². The number of amides is 1. The third-order valence-corrected chi connectivity index (χ3v) is 3.68. The van der Waals surface area contributed by atoms with Crippen molar-refractivity contribution in [1.29, 1.82) is 0 Å². The van der Waals surface area contributed by atoms with Gasteiger partial charge in [-0.3, -0.25) is 4.79 Å². The van der Waals surface area contributed by atoms with Crippen LogP contribution in [-0.2, 0) is 11.2 Å². The third kappa shape index (κ3) is 5.97. The van der Waals surface area contributed by atoms with Crippen LogP contribution >= 0.6 is 11.6 Å². The van der Waals surface area contributed by atoms with Crippen molar-refractivity contribution in [2.75, 3.05) is 13.7 Å². The molecule has 1 atom stereocenters. The van der Waals surface area contributed by atoms with Crippen molar-refractivity contribution >= 4 is 17.5 Å². The Morgan fingerprint density at radius 3 is 2.47 bits per heavy atom. The number of alkyl halides is 1. The van der Waals surface area contributed by atoms with Crippen LogP contribution in [0, 0.1) is 5.92 Å². The molecule has 0 aliphatic heterocycles. The van der Waals surface area contributed by atoms with E-state index in [4.69, 9.17) is 16.3 Å². The first-order valence-electron chi connectivity index (χ1n) is 6.56. The number of ether oxygens (including phenoxy) is 1. The predicted molar refractivity (Wildman–Crippen MR) is 78.8 cm³/mol. The minimum atomic E-state index is -0.00932. The van der Waals surface area contributed by atoms with E-state index in [1.807, 2.05) is 38.1 Å². The number of hydrogen-bond donors (Lipinski definition) is 1. The smallest absolute Gasteiger partial charge is 0.220 e. The van der Waals surface area contributed by atoms with Crippen LogP contribution in [0.25, 0.3) is 0 Å². The molecule has 0 radical (unpaired) electrons. The maximum absolute atomic E-state index is 11.7. The number of rotatable bonds is 7. The van der Waals surface area contributed by atoms with E-state index < -0.39 is 0 Å². The van der Waals surface area contributed by atoms with E-state index in [-0.39, 0.29) is 11.3 Å². The molecule has 4 heteroatoms. The molecule has 0 fully saturated rings. The van der Waals surface area contributed by atoms with Gasteiger partial charge in [0, 0.05) is 13.0 Å². The number of carbonyl (C=O) groups excluding carboxylic acids is 1. The zero-order chi connectivity index (χ0) is 14.3. The molecule has 1 rings (SSSR count). The number of methoxy groups -OCH3 is 1. The highest BCUT2D eigenvalue weighted by molar-refractivity contribution is 6.21. The van der Waals surface area contributed by atoms with Gasteiger partial charge in [0.1, 0.15) is 5.75 Å². The quantitative estimate of drug-likeness (QED) is 0.781. The predicted octanol–water partition coefficient (Wildman–Crippen LogP) is 3.01. The van der Waals surface area contributed by atoms with Gasteiger partial charge in [0.05, 0.1) is 12.5 Å². The van der Waals surface area contributed by atoms with Crippen molar-refractivity contribution < 1.29 is 9.53 Å². The van der Waals surface area contributed by atoms with Gasteiger partial charge in [0.25, 0.3) is 0 Å². The first-order chi connectivity index (χ1) is 9.02. The van der Waals surface area contributed by atoms with Crippen LogP contribution in [0.15, 0.2) is 24.3 Å². The topological polar surface area (TPSA) is 38.3 Å². The first-order valence-corrected chi connectivity index (χ1v) is 7.00. The molecule has 0 aromatic heterocycles. The fourth-order valence-corrected chi connectivity index (χ4v) is 1.66. The van der Waals surface area contributed by atoms with Crippen LogP contribution in [0.4, 0.5) is 0 Å². The van der Waals surface area contributed by atoms with Crippen LogP contribution in [-0.4, -0.2) is 24.9 Å². The molecule has 1 aromatic carbocycles. The monoisotopic (exact) mass is 283 g/mol. The molecule has 0 aliphatic carbocycles. The summed E-state index contributed by atoms with van der Waals surface area (Å²) in [6, 6.07) is 7.76. The summed E-state index contributed by atoms with van der Waals surface area (Å²) in [4.78, 5) is 11.7. The van der Waals surface area contributed by atoms with E-state index in [9.17, 15) is 4.79 Å². The highest BCUT2D eigenvalue weighted by atomic mass is 35.5. The van der Waals surface area contributed by atoms with Gasteiger partial charge in [-0.2, -0.15) is 0 Å². The van der Waals surface area contributed by atoms with Gasteiger partial charge in [-0.25, -0.2) is 0 Å². The fraction of sp³-hybridized carbons (Fsp3) is 0.533. The Kier molecular flexibility index (Phi) is 6.71. The second-order valence-corrected chi connectivity index (χ2v) is 5.47. The van der Waals surface area contributed by atoms with Crippen LogP contribution in [0.5, 0.6) is 5.75 Å². The van der Waals surface area contributed by atoms with E-state index in [1.54, 1.807) is 7.11 Å². The lowest BCUT2D eigenvalue weighted by Gasteiger charge is -2.14. The van der Waals surface area contributed by atoms with E-state index in [0.717, 1.165) is 17.7 Å². The first kappa shape index (κ1) is 15.8. The second kappa shape index (κ2) is 8.05. The molecule has 0 heterocycles. The van der Waals surface area contributed by atoms with Gasteiger partial charge < -0.3 is 10.1 Å². The van der Waals surface area contributed by atoms with Crippen LogP contribution < -0.4 is 10.1 Å². The zero-order valence-electron chi connectivity index (χ0n) is 11.8. The number of hydrogen-bond acceptors (Lipinski definition) is 2. The lowest BCUT2D eigenvalue weighted by molar-refractivity contribution is -0.121. The molecule has 0 spiro atoms. The molecule has 0 saturated heterocycles. The molecule has 3 nitrogen and oxygen atoms in total. The summed E-state index contributed by atoms with van der Waals surface area (Å²) in [5, 5.41) is 2.85. The summed E-state index contributed by atoms with van der Waals surface area (Å²) in [5.74, 6) is 1.24. The largest absolute Gasteiger partial charge is 0.497 e. The summed E-state index contributed by atoms with van der Waals surface area (Å²) >= 11 is 6.08. The standard InChI is InChI=1S/C15H22ClNO2/c1-11(2)14(16)10-17-15(18)9-6-12-4-7-13(19-3)8-5-12/h4-5,7-8,11,14H,6,9-10H2,1-3H3,(H,17,18). The molecule has 19 heavy (non-hydrogen) atoms. The average Bonchev–Trinajstić information content (AvgIpc) is 2.42. The molecular formula is C15H22ClNO2. The Morgan fingerprint density at radius 2 is 1.95 bits per heavy atom. The van der Waals surface area contributed by atoms with Gasteiger partial charge in [0.2, 0.25) is 5.91 Å². The number of benzene rings is 1. The van der Waals surface area contributed by atoms with Gasteiger partial charge in [-0.05, 0) is 30.0 Å². The highest BCUT2D eigenvalue weighted by Crippen LogP contribution is 2.12. The van der Waals surface area contributed by atoms with Crippen molar-refractivity contribution in [3.8, 4) is 5.75 Å². The number of halogens is 1. The molecule has 1 aromatic rings.